The van der Waals surface area contributed by atoms with E-state index in [1.54, 1.807) is 36.3 Å². The zero-order valence-electron chi connectivity index (χ0n) is 19.7. The van der Waals surface area contributed by atoms with Crippen LogP contribution in [0.15, 0.2) is 71.7 Å². The summed E-state index contributed by atoms with van der Waals surface area (Å²) in [5, 5.41) is 3.54. The van der Waals surface area contributed by atoms with Crippen LogP contribution in [0.25, 0.3) is 0 Å². The second-order valence-corrected chi connectivity index (χ2v) is 9.93. The number of ether oxygens (including phenoxy) is 1. The average Bonchev–Trinajstić information content (AvgIpc) is 3.11. The fourth-order valence-electron chi connectivity index (χ4n) is 3.73. The van der Waals surface area contributed by atoms with Crippen molar-refractivity contribution in [3.63, 3.8) is 0 Å². The highest BCUT2D eigenvalue weighted by Gasteiger charge is 2.39. The molecule has 1 unspecified atom stereocenters. The van der Waals surface area contributed by atoms with Crippen molar-refractivity contribution >= 4 is 51.7 Å². The minimum Gasteiger partial charge on any atom is -0.497 e. The maximum Gasteiger partial charge on any atom is 0.242 e. The van der Waals surface area contributed by atoms with Gasteiger partial charge in [-0.2, -0.15) is 0 Å². The second-order valence-electron chi connectivity index (χ2n) is 8.32. The van der Waals surface area contributed by atoms with Crippen LogP contribution in [0.2, 0.25) is 5.02 Å². The van der Waals surface area contributed by atoms with Crippen molar-refractivity contribution in [3.8, 4) is 5.75 Å². The maximum atomic E-state index is 13.4. The molecular weight excluding hydrogens is 482 g/mol. The number of carbonyl (C=O) groups is 2. The lowest BCUT2D eigenvalue weighted by molar-refractivity contribution is -0.128. The van der Waals surface area contributed by atoms with Gasteiger partial charge >= 0.3 is 0 Å². The van der Waals surface area contributed by atoms with E-state index in [-0.39, 0.29) is 18.2 Å². The van der Waals surface area contributed by atoms with E-state index in [4.69, 9.17) is 21.3 Å². The van der Waals surface area contributed by atoms with Gasteiger partial charge in [-0.05, 0) is 67.4 Å². The number of methoxy groups -OCH3 is 1. The predicted molar refractivity (Wildman–Crippen MR) is 143 cm³/mol. The lowest BCUT2D eigenvalue weighted by atomic mass is 10.1. The first-order valence-corrected chi connectivity index (χ1v) is 12.4. The first kappa shape index (κ1) is 24.8. The van der Waals surface area contributed by atoms with Gasteiger partial charge in [0.1, 0.15) is 11.0 Å². The molecule has 0 aliphatic carbocycles. The van der Waals surface area contributed by atoms with Crippen LogP contribution in [0.3, 0.4) is 0 Å². The van der Waals surface area contributed by atoms with E-state index in [1.807, 2.05) is 56.3 Å². The summed E-state index contributed by atoms with van der Waals surface area (Å²) in [7, 11) is 1.61. The van der Waals surface area contributed by atoms with Gasteiger partial charge in [-0.25, -0.2) is 4.99 Å². The molecule has 1 heterocycles. The molecule has 0 bridgehead atoms. The monoisotopic (exact) mass is 507 g/mol. The Morgan fingerprint density at radius 2 is 1.80 bits per heavy atom. The summed E-state index contributed by atoms with van der Waals surface area (Å²) >= 11 is 7.31. The molecule has 0 radical (unpaired) electrons. The van der Waals surface area contributed by atoms with Crippen molar-refractivity contribution in [2.75, 3.05) is 12.4 Å². The molecule has 1 saturated heterocycles. The summed E-state index contributed by atoms with van der Waals surface area (Å²) in [4.78, 5) is 32.5. The number of thioether (sulfide) groups is 1. The van der Waals surface area contributed by atoms with Crippen molar-refractivity contribution in [1.29, 1.82) is 0 Å². The Labute approximate surface area is 214 Å². The fourth-order valence-corrected chi connectivity index (χ4v) is 5.02. The molecular formula is C27H26ClN3O3S. The first-order chi connectivity index (χ1) is 16.8. The van der Waals surface area contributed by atoms with Crippen molar-refractivity contribution in [3.05, 3.63) is 88.4 Å². The average molecular weight is 508 g/mol. The highest BCUT2D eigenvalue weighted by atomic mass is 35.5. The Bertz CT molecular complexity index is 1260. The number of nitrogens with zero attached hydrogens (tertiary/aromatic N) is 2. The Morgan fingerprint density at radius 1 is 1.09 bits per heavy atom. The summed E-state index contributed by atoms with van der Waals surface area (Å²) < 4.78 is 5.23. The van der Waals surface area contributed by atoms with Gasteiger partial charge < -0.3 is 10.1 Å². The number of rotatable bonds is 7. The van der Waals surface area contributed by atoms with E-state index < -0.39 is 5.25 Å². The van der Waals surface area contributed by atoms with Crippen LogP contribution < -0.4 is 10.1 Å². The lowest BCUT2D eigenvalue weighted by Crippen LogP contribution is -2.33. The maximum absolute atomic E-state index is 13.4. The van der Waals surface area contributed by atoms with E-state index in [0.29, 0.717) is 22.4 Å². The van der Waals surface area contributed by atoms with Gasteiger partial charge in [-0.3, -0.25) is 14.5 Å². The molecule has 35 heavy (non-hydrogen) atoms. The molecule has 180 valence electrons. The summed E-state index contributed by atoms with van der Waals surface area (Å²) in [6.45, 7) is 4.30. The molecule has 0 spiro atoms. The third kappa shape index (κ3) is 6.24. The van der Waals surface area contributed by atoms with Gasteiger partial charge in [-0.15, -0.1) is 0 Å². The largest absolute Gasteiger partial charge is 0.497 e. The molecule has 1 atom stereocenters. The first-order valence-electron chi connectivity index (χ1n) is 11.1. The van der Waals surface area contributed by atoms with E-state index in [0.717, 1.165) is 28.1 Å². The zero-order valence-corrected chi connectivity index (χ0v) is 21.3. The molecule has 4 rings (SSSR count). The fraction of sp³-hybridized carbons (Fsp3) is 0.222. The molecule has 1 aliphatic heterocycles. The summed E-state index contributed by atoms with van der Waals surface area (Å²) in [6, 6.07) is 20.5. The number of amidine groups is 1. The zero-order chi connectivity index (χ0) is 24.9. The third-order valence-corrected chi connectivity index (χ3v) is 7.03. The normalized spacial score (nSPS) is 16.6. The number of benzene rings is 3. The minimum absolute atomic E-state index is 0.0512. The molecule has 3 aromatic carbocycles. The smallest absolute Gasteiger partial charge is 0.242 e. The highest BCUT2D eigenvalue weighted by Crippen LogP contribution is 2.33. The van der Waals surface area contributed by atoms with Crippen LogP contribution in [0, 0.1) is 13.8 Å². The van der Waals surface area contributed by atoms with Crippen molar-refractivity contribution in [2.45, 2.75) is 32.1 Å². The van der Waals surface area contributed by atoms with Crippen LogP contribution in [0.5, 0.6) is 5.75 Å². The lowest BCUT2D eigenvalue weighted by Gasteiger charge is -2.17. The number of anilines is 1. The van der Waals surface area contributed by atoms with Crippen LogP contribution in [-0.2, 0) is 16.1 Å². The Hall–Kier alpha value is -3.29. The van der Waals surface area contributed by atoms with Gasteiger partial charge in [0.05, 0.1) is 19.3 Å². The van der Waals surface area contributed by atoms with Crippen LogP contribution in [0.1, 0.15) is 23.1 Å². The molecule has 1 aliphatic rings. The standard InChI is InChI=1S/C27H26ClN3O3S/c1-17-4-13-23(18(2)14-17)30-25(32)15-24-26(33)31(16-19-5-11-22(34-3)12-6-19)27(35-24)29-21-9-7-20(28)8-10-21/h4-14,24H,15-16H2,1-3H3,(H,30,32). The summed E-state index contributed by atoms with van der Waals surface area (Å²) in [5.74, 6) is 0.390. The number of hydrogen-bond acceptors (Lipinski definition) is 5. The van der Waals surface area contributed by atoms with Crippen molar-refractivity contribution < 1.29 is 14.3 Å². The van der Waals surface area contributed by atoms with Crippen LogP contribution in [-0.4, -0.2) is 34.2 Å². The van der Waals surface area contributed by atoms with E-state index in [2.05, 4.69) is 5.32 Å². The number of hydrogen-bond donors (Lipinski definition) is 1. The van der Waals surface area contributed by atoms with Crippen molar-refractivity contribution in [2.24, 2.45) is 4.99 Å². The van der Waals surface area contributed by atoms with Gasteiger partial charge in [0, 0.05) is 17.1 Å². The molecule has 1 N–H and O–H groups in total. The topological polar surface area (TPSA) is 71.0 Å². The Morgan fingerprint density at radius 3 is 2.46 bits per heavy atom. The number of aryl methyl sites for hydroxylation is 2. The molecule has 6 nitrogen and oxygen atoms in total. The number of halogens is 1. The molecule has 0 aromatic heterocycles. The quantitative estimate of drug-likeness (QED) is 0.418. The SMILES string of the molecule is COc1ccc(CN2C(=O)C(CC(=O)Nc3ccc(C)cc3C)SC2=Nc2ccc(Cl)cc2)cc1. The molecule has 3 aromatic rings. The van der Waals surface area contributed by atoms with Crippen molar-refractivity contribution in [1.82, 2.24) is 4.90 Å². The van der Waals surface area contributed by atoms with Crippen LogP contribution >= 0.6 is 23.4 Å². The van der Waals surface area contributed by atoms with E-state index in [1.165, 1.54) is 11.8 Å². The third-order valence-electron chi connectivity index (χ3n) is 5.60. The molecule has 0 saturated carbocycles. The highest BCUT2D eigenvalue weighted by molar-refractivity contribution is 8.15. The molecule has 2 amide bonds. The van der Waals surface area contributed by atoms with E-state index in [9.17, 15) is 9.59 Å². The Kier molecular flexibility index (Phi) is 7.78. The van der Waals surface area contributed by atoms with Gasteiger partial charge in [-0.1, -0.05) is 53.2 Å². The predicted octanol–water partition coefficient (Wildman–Crippen LogP) is 6.13. The van der Waals surface area contributed by atoms with Gasteiger partial charge in [0.2, 0.25) is 11.8 Å². The number of carbonyl (C=O) groups excluding carboxylic acids is 2. The minimum atomic E-state index is -0.565. The van der Waals surface area contributed by atoms with Crippen LogP contribution in [0.4, 0.5) is 11.4 Å². The summed E-state index contributed by atoms with van der Waals surface area (Å²) in [6.07, 6.45) is 0.0512. The van der Waals surface area contributed by atoms with Gasteiger partial charge in [0.15, 0.2) is 5.17 Å². The number of nitrogens with one attached hydrogen (secondary N) is 1. The Balaban J connectivity index is 1.54. The summed E-state index contributed by atoms with van der Waals surface area (Å²) in [5.41, 5.74) is 4.48. The van der Waals surface area contributed by atoms with E-state index >= 15 is 0 Å². The number of aliphatic imine (C=N–C) groups is 1. The van der Waals surface area contributed by atoms with Gasteiger partial charge in [0.25, 0.3) is 0 Å². The molecule has 8 heteroatoms. The number of amides is 2. The second kappa shape index (κ2) is 11.0. The molecule has 1 fully saturated rings.